The molecule has 0 spiro atoms. The van der Waals surface area contributed by atoms with Crippen LogP contribution in [0.25, 0.3) is 0 Å². The van der Waals surface area contributed by atoms with Crippen LogP contribution >= 0.6 is 0 Å². The maximum atomic E-state index is 14.2. The molecule has 0 aromatic heterocycles. The topological polar surface area (TPSA) is 49.6 Å². The van der Waals surface area contributed by atoms with Crippen LogP contribution in [0.5, 0.6) is 0 Å². The lowest BCUT2D eigenvalue weighted by atomic mass is 10.1. The number of nitro groups is 1. The SMILES string of the molecule is CCN(CC)c1cc(N2CCCCC2)c([N+](=O)[O-])cc1F. The zero-order valence-electron chi connectivity index (χ0n) is 12.6. The average molecular weight is 295 g/mol. The van der Waals surface area contributed by atoms with E-state index in [0.717, 1.165) is 38.4 Å². The second kappa shape index (κ2) is 6.74. The lowest BCUT2D eigenvalue weighted by Gasteiger charge is -2.30. The van der Waals surface area contributed by atoms with Crippen molar-refractivity contribution in [2.45, 2.75) is 33.1 Å². The molecule has 1 fully saturated rings. The summed E-state index contributed by atoms with van der Waals surface area (Å²) in [4.78, 5) is 14.6. The molecule has 1 aliphatic rings. The summed E-state index contributed by atoms with van der Waals surface area (Å²) in [5, 5.41) is 11.2. The molecule has 116 valence electrons. The minimum atomic E-state index is -0.522. The van der Waals surface area contributed by atoms with Gasteiger partial charge in [0, 0.05) is 26.2 Å². The minimum absolute atomic E-state index is 0.134. The highest BCUT2D eigenvalue weighted by Gasteiger charge is 2.25. The molecule has 0 bridgehead atoms. The zero-order valence-corrected chi connectivity index (χ0v) is 12.6. The number of piperidine rings is 1. The average Bonchev–Trinajstić information content (AvgIpc) is 2.50. The number of hydrogen-bond acceptors (Lipinski definition) is 4. The van der Waals surface area contributed by atoms with Gasteiger partial charge in [0.2, 0.25) is 0 Å². The van der Waals surface area contributed by atoms with Crippen LogP contribution in [0.15, 0.2) is 12.1 Å². The predicted octanol–water partition coefficient (Wildman–Crippen LogP) is 3.57. The molecule has 1 aromatic rings. The van der Waals surface area contributed by atoms with E-state index in [-0.39, 0.29) is 5.69 Å². The van der Waals surface area contributed by atoms with E-state index in [1.165, 1.54) is 0 Å². The summed E-state index contributed by atoms with van der Waals surface area (Å²) in [5.41, 5.74) is 0.861. The molecule has 1 saturated heterocycles. The highest BCUT2D eigenvalue weighted by molar-refractivity contribution is 5.71. The first-order chi connectivity index (χ1) is 10.1. The van der Waals surface area contributed by atoms with Gasteiger partial charge < -0.3 is 9.80 Å². The Morgan fingerprint density at radius 2 is 1.86 bits per heavy atom. The van der Waals surface area contributed by atoms with Crippen LogP contribution in [0, 0.1) is 15.9 Å². The molecule has 2 rings (SSSR count). The third-order valence-corrected chi connectivity index (χ3v) is 4.04. The number of nitrogens with zero attached hydrogens (tertiary/aromatic N) is 3. The number of nitro benzene ring substituents is 1. The van der Waals surface area contributed by atoms with Crippen LogP contribution in [-0.2, 0) is 0 Å². The maximum absolute atomic E-state index is 14.2. The molecule has 5 nitrogen and oxygen atoms in total. The van der Waals surface area contributed by atoms with Crippen molar-refractivity contribution >= 4 is 17.1 Å². The van der Waals surface area contributed by atoms with Gasteiger partial charge in [-0.25, -0.2) is 4.39 Å². The Morgan fingerprint density at radius 3 is 2.38 bits per heavy atom. The Hall–Kier alpha value is -1.85. The first kappa shape index (κ1) is 15.5. The standard InChI is InChI=1S/C15H22FN3O2/c1-3-17(4-2)13-11-14(18-8-6-5-7-9-18)15(19(20)21)10-12(13)16/h10-11H,3-9H2,1-2H3. The van der Waals surface area contributed by atoms with Gasteiger partial charge in [0.05, 0.1) is 16.7 Å². The predicted molar refractivity (Wildman–Crippen MR) is 82.7 cm³/mol. The number of hydrogen-bond donors (Lipinski definition) is 0. The molecule has 0 N–H and O–H groups in total. The van der Waals surface area contributed by atoms with Crippen molar-refractivity contribution in [1.29, 1.82) is 0 Å². The minimum Gasteiger partial charge on any atom is -0.370 e. The van der Waals surface area contributed by atoms with E-state index >= 15 is 0 Å². The summed E-state index contributed by atoms with van der Waals surface area (Å²) in [5.74, 6) is -0.522. The molecule has 0 saturated carbocycles. The fourth-order valence-corrected chi connectivity index (χ4v) is 2.88. The van der Waals surface area contributed by atoms with E-state index in [2.05, 4.69) is 0 Å². The summed E-state index contributed by atoms with van der Waals surface area (Å²) < 4.78 is 14.2. The summed E-state index contributed by atoms with van der Waals surface area (Å²) in [6.45, 7) is 6.83. The molecule has 1 aromatic carbocycles. The molecule has 21 heavy (non-hydrogen) atoms. The van der Waals surface area contributed by atoms with Gasteiger partial charge in [0.25, 0.3) is 5.69 Å². The van der Waals surface area contributed by atoms with Crippen LogP contribution in [0.2, 0.25) is 0 Å². The van der Waals surface area contributed by atoms with E-state index < -0.39 is 10.7 Å². The smallest absolute Gasteiger partial charge is 0.295 e. The van der Waals surface area contributed by atoms with Crippen molar-refractivity contribution in [2.24, 2.45) is 0 Å². The molecule has 1 heterocycles. The van der Waals surface area contributed by atoms with Crippen molar-refractivity contribution in [1.82, 2.24) is 0 Å². The summed E-state index contributed by atoms with van der Waals surface area (Å²) in [6, 6.07) is 2.71. The number of halogens is 1. The van der Waals surface area contributed by atoms with Crippen molar-refractivity contribution < 1.29 is 9.31 Å². The molecule has 0 unspecified atom stereocenters. The maximum Gasteiger partial charge on any atom is 0.295 e. The Kier molecular flexibility index (Phi) is 4.98. The van der Waals surface area contributed by atoms with Crippen molar-refractivity contribution in [3.05, 3.63) is 28.1 Å². The van der Waals surface area contributed by atoms with Crippen molar-refractivity contribution in [2.75, 3.05) is 36.0 Å². The Morgan fingerprint density at radius 1 is 1.24 bits per heavy atom. The highest BCUT2D eigenvalue weighted by atomic mass is 19.1. The van der Waals surface area contributed by atoms with Crippen LogP contribution in [0.3, 0.4) is 0 Å². The molecule has 1 aliphatic heterocycles. The van der Waals surface area contributed by atoms with Crippen LogP contribution in [0.1, 0.15) is 33.1 Å². The van der Waals surface area contributed by atoms with E-state index in [4.69, 9.17) is 0 Å². The summed E-state index contributed by atoms with van der Waals surface area (Å²) >= 11 is 0. The Bertz CT molecular complexity index is 512. The Balaban J connectivity index is 2.48. The largest absolute Gasteiger partial charge is 0.370 e. The van der Waals surface area contributed by atoms with Gasteiger partial charge in [0.1, 0.15) is 5.69 Å². The lowest BCUT2D eigenvalue weighted by molar-refractivity contribution is -0.384. The normalized spacial score (nSPS) is 15.1. The van der Waals surface area contributed by atoms with Gasteiger partial charge in [-0.3, -0.25) is 10.1 Å². The number of benzene rings is 1. The molecule has 0 atom stereocenters. The zero-order chi connectivity index (χ0) is 15.4. The van der Waals surface area contributed by atoms with Crippen molar-refractivity contribution in [3.63, 3.8) is 0 Å². The summed E-state index contributed by atoms with van der Waals surface area (Å²) in [7, 11) is 0. The quantitative estimate of drug-likeness (QED) is 0.615. The van der Waals surface area contributed by atoms with Gasteiger partial charge in [-0.05, 0) is 39.2 Å². The molecule has 6 heteroatoms. The first-order valence-electron chi connectivity index (χ1n) is 7.56. The molecule has 0 amide bonds. The third-order valence-electron chi connectivity index (χ3n) is 4.04. The van der Waals surface area contributed by atoms with Crippen LogP contribution in [0.4, 0.5) is 21.5 Å². The third kappa shape index (κ3) is 3.25. The second-order valence-electron chi connectivity index (χ2n) is 5.27. The number of anilines is 2. The fourth-order valence-electron chi connectivity index (χ4n) is 2.88. The number of rotatable bonds is 5. The first-order valence-corrected chi connectivity index (χ1v) is 7.56. The van der Waals surface area contributed by atoms with Gasteiger partial charge in [-0.1, -0.05) is 0 Å². The highest BCUT2D eigenvalue weighted by Crippen LogP contribution is 2.36. The van der Waals surface area contributed by atoms with Gasteiger partial charge in [-0.2, -0.15) is 0 Å². The Labute approximate surface area is 124 Å². The van der Waals surface area contributed by atoms with E-state index in [1.807, 2.05) is 23.6 Å². The van der Waals surface area contributed by atoms with Gasteiger partial charge in [-0.15, -0.1) is 0 Å². The summed E-state index contributed by atoms with van der Waals surface area (Å²) in [6.07, 6.45) is 3.19. The van der Waals surface area contributed by atoms with Crippen LogP contribution < -0.4 is 9.80 Å². The fraction of sp³-hybridized carbons (Fsp3) is 0.600. The molecular weight excluding hydrogens is 273 g/mol. The second-order valence-corrected chi connectivity index (χ2v) is 5.27. The van der Waals surface area contributed by atoms with E-state index in [0.29, 0.717) is 24.5 Å². The lowest BCUT2D eigenvalue weighted by Crippen LogP contribution is -2.31. The van der Waals surface area contributed by atoms with Gasteiger partial charge >= 0.3 is 0 Å². The van der Waals surface area contributed by atoms with E-state index in [9.17, 15) is 14.5 Å². The van der Waals surface area contributed by atoms with Crippen LogP contribution in [-0.4, -0.2) is 31.1 Å². The van der Waals surface area contributed by atoms with E-state index in [1.54, 1.807) is 6.07 Å². The molecular formula is C15H22FN3O2. The van der Waals surface area contributed by atoms with Crippen molar-refractivity contribution in [3.8, 4) is 0 Å². The van der Waals surface area contributed by atoms with Gasteiger partial charge in [0.15, 0.2) is 5.82 Å². The molecule has 0 radical (unpaired) electrons. The molecule has 0 aliphatic carbocycles. The monoisotopic (exact) mass is 295 g/mol.